The highest BCUT2D eigenvalue weighted by atomic mass is 35.5. The van der Waals surface area contributed by atoms with Crippen molar-refractivity contribution >= 4 is 17.6 Å². The molecule has 0 aromatic carbocycles. The van der Waals surface area contributed by atoms with Crippen molar-refractivity contribution in [2.75, 3.05) is 0 Å². The number of ether oxygens (including phenoxy) is 1. The van der Waals surface area contributed by atoms with Gasteiger partial charge >= 0.3 is 5.97 Å². The maximum Gasteiger partial charge on any atom is 0.338 e. The van der Waals surface area contributed by atoms with Crippen LogP contribution in [0, 0.1) is 0 Å². The van der Waals surface area contributed by atoms with Crippen LogP contribution in [-0.4, -0.2) is 16.6 Å². The predicted molar refractivity (Wildman–Crippen MR) is 42.4 cm³/mol. The van der Waals surface area contributed by atoms with Gasteiger partial charge in [0.05, 0.1) is 11.8 Å². The van der Waals surface area contributed by atoms with E-state index in [1.165, 1.54) is 6.92 Å². The molecule has 0 radical (unpaired) electrons. The van der Waals surface area contributed by atoms with E-state index in [4.69, 9.17) is 16.7 Å². The van der Waals surface area contributed by atoms with Gasteiger partial charge < -0.3 is 9.84 Å². The van der Waals surface area contributed by atoms with Gasteiger partial charge in [-0.2, -0.15) is 0 Å². The van der Waals surface area contributed by atoms with Crippen molar-refractivity contribution in [3.8, 4) is 0 Å². The lowest BCUT2D eigenvalue weighted by Gasteiger charge is -2.07. The molecular formula is C7H11ClO3. The van der Waals surface area contributed by atoms with Gasteiger partial charge in [0, 0.05) is 0 Å². The maximum atomic E-state index is 10.8. The van der Waals surface area contributed by atoms with Crippen LogP contribution in [0.25, 0.3) is 0 Å². The Labute approximate surface area is 70.6 Å². The molecule has 1 unspecified atom stereocenters. The Kier molecular flexibility index (Phi) is 4.70. The van der Waals surface area contributed by atoms with Crippen molar-refractivity contribution in [3.05, 3.63) is 11.8 Å². The summed E-state index contributed by atoms with van der Waals surface area (Å²) in [6, 6.07) is 0. The van der Waals surface area contributed by atoms with Crippen LogP contribution in [-0.2, 0) is 9.53 Å². The third kappa shape index (κ3) is 3.88. The zero-order chi connectivity index (χ0) is 8.85. The van der Waals surface area contributed by atoms with Gasteiger partial charge in [0.25, 0.3) is 0 Å². The van der Waals surface area contributed by atoms with Gasteiger partial charge in [0.2, 0.25) is 0 Å². The van der Waals surface area contributed by atoms with Crippen LogP contribution < -0.4 is 0 Å². The minimum Gasteiger partial charge on any atom is -0.515 e. The van der Waals surface area contributed by atoms with Crippen LogP contribution in [0.15, 0.2) is 11.8 Å². The largest absolute Gasteiger partial charge is 0.515 e. The number of aliphatic hydroxyl groups is 1. The molecule has 0 aliphatic rings. The first-order valence-electron chi connectivity index (χ1n) is 3.27. The minimum atomic E-state index is -0.614. The lowest BCUT2D eigenvalue weighted by molar-refractivity contribution is -0.140. The zero-order valence-electron chi connectivity index (χ0n) is 6.50. The average Bonchev–Trinajstić information content (AvgIpc) is 2.02. The monoisotopic (exact) mass is 178 g/mol. The maximum absolute atomic E-state index is 10.8. The summed E-state index contributed by atoms with van der Waals surface area (Å²) in [4.78, 5) is 10.8. The fourth-order valence-corrected chi connectivity index (χ4v) is 0.426. The molecule has 0 amide bonds. The first-order chi connectivity index (χ1) is 5.11. The number of alkyl halides is 1. The van der Waals surface area contributed by atoms with E-state index in [9.17, 15) is 4.79 Å². The summed E-state index contributed by atoms with van der Waals surface area (Å²) >= 11 is 5.51. The molecule has 4 heteroatoms. The van der Waals surface area contributed by atoms with Crippen molar-refractivity contribution < 1.29 is 14.6 Å². The second-order valence-corrected chi connectivity index (χ2v) is 2.52. The summed E-state index contributed by atoms with van der Waals surface area (Å²) in [7, 11) is 0. The lowest BCUT2D eigenvalue weighted by atomic mass is 10.3. The minimum absolute atomic E-state index is 0.143. The summed E-state index contributed by atoms with van der Waals surface area (Å²) in [5.74, 6) is -0.589. The Morgan fingerprint density at radius 2 is 2.36 bits per heavy atom. The number of carbonyl (C=O) groups excluding carboxylic acids is 1. The average molecular weight is 179 g/mol. The van der Waals surface area contributed by atoms with Gasteiger partial charge in [-0.05, 0) is 13.3 Å². The molecule has 0 saturated carbocycles. The Balaban J connectivity index is 3.88. The smallest absolute Gasteiger partial charge is 0.338 e. The number of hydrogen-bond acceptors (Lipinski definition) is 3. The molecule has 0 aliphatic heterocycles. The second-order valence-electron chi connectivity index (χ2n) is 2.04. The van der Waals surface area contributed by atoms with Crippen LogP contribution in [0.5, 0.6) is 0 Å². The van der Waals surface area contributed by atoms with Gasteiger partial charge in [-0.3, -0.25) is 0 Å². The lowest BCUT2D eigenvalue weighted by Crippen LogP contribution is -2.12. The van der Waals surface area contributed by atoms with Crippen LogP contribution in [0.2, 0.25) is 0 Å². The molecule has 1 N–H and O–H groups in total. The summed E-state index contributed by atoms with van der Waals surface area (Å²) in [5, 5.41) is 8.38. The van der Waals surface area contributed by atoms with Gasteiger partial charge in [-0.15, -0.1) is 0 Å². The highest BCUT2D eigenvalue weighted by Crippen LogP contribution is 2.06. The van der Waals surface area contributed by atoms with Gasteiger partial charge in [-0.1, -0.05) is 18.5 Å². The third-order valence-electron chi connectivity index (χ3n) is 1.07. The SMILES string of the molecule is CCC(Cl)OC(=O)/C(C)=C/O. The van der Waals surface area contributed by atoms with E-state index < -0.39 is 11.5 Å². The summed E-state index contributed by atoms with van der Waals surface area (Å²) < 4.78 is 4.65. The van der Waals surface area contributed by atoms with Crippen molar-refractivity contribution in [1.82, 2.24) is 0 Å². The van der Waals surface area contributed by atoms with E-state index in [-0.39, 0.29) is 5.57 Å². The van der Waals surface area contributed by atoms with Crippen molar-refractivity contribution in [1.29, 1.82) is 0 Å². The van der Waals surface area contributed by atoms with E-state index >= 15 is 0 Å². The second kappa shape index (κ2) is 5.02. The zero-order valence-corrected chi connectivity index (χ0v) is 7.26. The van der Waals surface area contributed by atoms with Crippen molar-refractivity contribution in [2.45, 2.75) is 25.8 Å². The molecule has 0 fully saturated rings. The highest BCUT2D eigenvalue weighted by molar-refractivity contribution is 6.20. The Bertz CT molecular complexity index is 165. The number of rotatable bonds is 3. The number of halogens is 1. The summed E-state index contributed by atoms with van der Waals surface area (Å²) in [5.41, 5.74) is -0.471. The fraction of sp³-hybridized carbons (Fsp3) is 0.571. The van der Waals surface area contributed by atoms with Crippen LogP contribution in [0.3, 0.4) is 0 Å². The summed E-state index contributed by atoms with van der Waals surface area (Å²) in [6.07, 6.45) is 1.24. The molecular weight excluding hydrogens is 168 g/mol. The molecule has 0 aliphatic carbocycles. The molecule has 3 nitrogen and oxygen atoms in total. The normalized spacial score (nSPS) is 14.3. The number of aliphatic hydroxyl groups excluding tert-OH is 1. The quantitative estimate of drug-likeness (QED) is 0.311. The molecule has 0 aromatic rings. The third-order valence-corrected chi connectivity index (χ3v) is 1.47. The summed E-state index contributed by atoms with van der Waals surface area (Å²) in [6.45, 7) is 3.24. The topological polar surface area (TPSA) is 46.5 Å². The molecule has 0 aromatic heterocycles. The van der Waals surface area contributed by atoms with Gasteiger partial charge in [-0.25, -0.2) is 4.79 Å². The van der Waals surface area contributed by atoms with E-state index in [0.29, 0.717) is 12.7 Å². The molecule has 0 rings (SSSR count). The van der Waals surface area contributed by atoms with E-state index in [0.717, 1.165) is 0 Å². The number of esters is 1. The molecule has 0 heterocycles. The van der Waals surface area contributed by atoms with Gasteiger partial charge in [0.1, 0.15) is 0 Å². The Hall–Kier alpha value is -0.700. The van der Waals surface area contributed by atoms with Gasteiger partial charge in [0.15, 0.2) is 5.56 Å². The van der Waals surface area contributed by atoms with E-state index in [2.05, 4.69) is 4.74 Å². The van der Waals surface area contributed by atoms with Crippen LogP contribution >= 0.6 is 11.6 Å². The van der Waals surface area contributed by atoms with E-state index in [1.807, 2.05) is 0 Å². The molecule has 11 heavy (non-hydrogen) atoms. The first kappa shape index (κ1) is 10.3. The molecule has 1 atom stereocenters. The molecule has 64 valence electrons. The fourth-order valence-electron chi connectivity index (χ4n) is 0.345. The molecule has 0 bridgehead atoms. The predicted octanol–water partition coefficient (Wildman–Crippen LogP) is 1.97. The number of hydrogen-bond donors (Lipinski definition) is 1. The Morgan fingerprint density at radius 1 is 1.82 bits per heavy atom. The molecule has 0 saturated heterocycles. The highest BCUT2D eigenvalue weighted by Gasteiger charge is 2.10. The van der Waals surface area contributed by atoms with E-state index in [1.54, 1.807) is 6.92 Å². The van der Waals surface area contributed by atoms with Crippen LogP contribution in [0.1, 0.15) is 20.3 Å². The molecule has 0 spiro atoms. The number of carbonyl (C=O) groups is 1. The van der Waals surface area contributed by atoms with Crippen LogP contribution in [0.4, 0.5) is 0 Å². The van der Waals surface area contributed by atoms with Crippen molar-refractivity contribution in [2.24, 2.45) is 0 Å². The van der Waals surface area contributed by atoms with Crippen molar-refractivity contribution in [3.63, 3.8) is 0 Å². The Morgan fingerprint density at radius 3 is 2.73 bits per heavy atom. The first-order valence-corrected chi connectivity index (χ1v) is 3.71. The standard InChI is InChI=1S/C7H11ClO3/c1-3-6(8)11-7(10)5(2)4-9/h4,6,9H,3H2,1-2H3/b5-4+.